The van der Waals surface area contributed by atoms with Crippen LogP contribution in [-0.4, -0.2) is 27.8 Å². The van der Waals surface area contributed by atoms with Crippen molar-refractivity contribution in [2.75, 3.05) is 13.1 Å². The van der Waals surface area contributed by atoms with Crippen LogP contribution in [0.5, 0.6) is 0 Å². The summed E-state index contributed by atoms with van der Waals surface area (Å²) in [4.78, 5) is 2.25. The fourth-order valence-corrected chi connectivity index (χ4v) is 2.12. The first-order chi connectivity index (χ1) is 7.31. The van der Waals surface area contributed by atoms with E-state index in [4.69, 9.17) is 0 Å². The summed E-state index contributed by atoms with van der Waals surface area (Å²) in [5.74, 6) is 0. The maximum atomic E-state index is 9.21. The quantitative estimate of drug-likeness (QED) is 0.732. The van der Waals surface area contributed by atoms with E-state index in [0.29, 0.717) is 0 Å². The lowest BCUT2D eigenvalue weighted by molar-refractivity contribution is 0.196. The van der Waals surface area contributed by atoms with Gasteiger partial charge >= 0.3 is 0 Å². The second-order valence-electron chi connectivity index (χ2n) is 4.08. The Labute approximate surface area is 90.1 Å². The first-order valence-electron chi connectivity index (χ1n) is 5.43. The van der Waals surface area contributed by atoms with Crippen LogP contribution < -0.4 is 0 Å². The summed E-state index contributed by atoms with van der Waals surface area (Å²) >= 11 is 0. The van der Waals surface area contributed by atoms with E-state index in [1.54, 1.807) is 10.9 Å². The molecule has 0 N–H and O–H groups in total. The molecule has 2 heterocycles. The maximum absolute atomic E-state index is 9.21. The Morgan fingerprint density at radius 3 is 2.67 bits per heavy atom. The molecule has 4 nitrogen and oxygen atoms in total. The predicted molar refractivity (Wildman–Crippen MR) is 57.0 cm³/mol. The minimum Gasteiger partial charge on any atom is -0.284 e. The molecule has 4 heteroatoms. The highest BCUT2D eigenvalue weighted by atomic mass is 15.2. The molecule has 0 bridgehead atoms. The van der Waals surface area contributed by atoms with Gasteiger partial charge in [0.05, 0.1) is 12.3 Å². The summed E-state index contributed by atoms with van der Waals surface area (Å²) in [6, 6.07) is 2.26. The van der Waals surface area contributed by atoms with E-state index < -0.39 is 0 Å². The minimum atomic E-state index is -0.112. The van der Waals surface area contributed by atoms with E-state index in [1.807, 2.05) is 13.2 Å². The Bertz CT molecular complexity index is 357. The second-order valence-corrected chi connectivity index (χ2v) is 4.08. The van der Waals surface area contributed by atoms with Gasteiger partial charge in [-0.3, -0.25) is 9.58 Å². The van der Waals surface area contributed by atoms with Crippen molar-refractivity contribution in [3.05, 3.63) is 18.0 Å². The van der Waals surface area contributed by atoms with Crippen molar-refractivity contribution in [3.8, 4) is 6.07 Å². The molecule has 0 spiro atoms. The van der Waals surface area contributed by atoms with Gasteiger partial charge in [-0.1, -0.05) is 6.42 Å². The SMILES string of the molecule is Cn1cc(C(C#N)N2CCCCC2)cn1. The molecule has 0 amide bonds. The molecule has 1 aromatic rings. The molecule has 1 unspecified atom stereocenters. The zero-order valence-corrected chi connectivity index (χ0v) is 9.06. The number of rotatable bonds is 2. The standard InChI is InChI=1S/C11H16N4/c1-14-9-10(8-13-14)11(7-12)15-5-3-2-4-6-15/h8-9,11H,2-6H2,1H3. The maximum Gasteiger partial charge on any atom is 0.126 e. The Kier molecular flexibility index (Phi) is 3.02. The van der Waals surface area contributed by atoms with Crippen molar-refractivity contribution in [1.29, 1.82) is 5.26 Å². The lowest BCUT2D eigenvalue weighted by Gasteiger charge is -2.29. The second kappa shape index (κ2) is 4.45. The van der Waals surface area contributed by atoms with Crippen molar-refractivity contribution in [2.45, 2.75) is 25.3 Å². The fourth-order valence-electron chi connectivity index (χ4n) is 2.12. The minimum absolute atomic E-state index is 0.112. The molecule has 2 rings (SSSR count). The third-order valence-corrected chi connectivity index (χ3v) is 2.92. The zero-order chi connectivity index (χ0) is 10.7. The molecular weight excluding hydrogens is 188 g/mol. The van der Waals surface area contributed by atoms with Gasteiger partial charge in [-0.05, 0) is 25.9 Å². The summed E-state index contributed by atoms with van der Waals surface area (Å²) in [5, 5.41) is 13.3. The summed E-state index contributed by atoms with van der Waals surface area (Å²) in [6.07, 6.45) is 7.43. The van der Waals surface area contributed by atoms with Crippen LogP contribution in [0.3, 0.4) is 0 Å². The first kappa shape index (κ1) is 10.2. The topological polar surface area (TPSA) is 44.9 Å². The van der Waals surface area contributed by atoms with E-state index >= 15 is 0 Å². The molecule has 0 saturated carbocycles. The van der Waals surface area contributed by atoms with Crippen molar-refractivity contribution in [1.82, 2.24) is 14.7 Å². The first-order valence-corrected chi connectivity index (χ1v) is 5.43. The summed E-state index contributed by atoms with van der Waals surface area (Å²) in [7, 11) is 1.88. The van der Waals surface area contributed by atoms with Gasteiger partial charge in [-0.2, -0.15) is 10.4 Å². The van der Waals surface area contributed by atoms with Gasteiger partial charge in [0.2, 0.25) is 0 Å². The molecule has 1 aromatic heterocycles. The van der Waals surface area contributed by atoms with Crippen molar-refractivity contribution >= 4 is 0 Å². The third kappa shape index (κ3) is 2.18. The highest BCUT2D eigenvalue weighted by Crippen LogP contribution is 2.23. The Hall–Kier alpha value is -1.34. The molecule has 1 saturated heterocycles. The van der Waals surface area contributed by atoms with Crippen LogP contribution in [0.2, 0.25) is 0 Å². The molecular formula is C11H16N4. The van der Waals surface area contributed by atoms with Gasteiger partial charge in [-0.25, -0.2) is 0 Å². The average Bonchev–Trinajstić information content (AvgIpc) is 2.68. The normalized spacial score (nSPS) is 19.7. The Morgan fingerprint density at radius 1 is 1.40 bits per heavy atom. The van der Waals surface area contributed by atoms with Gasteiger partial charge < -0.3 is 0 Å². The highest BCUT2D eigenvalue weighted by Gasteiger charge is 2.22. The lowest BCUT2D eigenvalue weighted by Crippen LogP contribution is -2.32. The van der Waals surface area contributed by atoms with Crippen LogP contribution in [0.15, 0.2) is 12.4 Å². The molecule has 15 heavy (non-hydrogen) atoms. The van der Waals surface area contributed by atoms with E-state index in [1.165, 1.54) is 19.3 Å². The molecule has 1 aliphatic heterocycles. The lowest BCUT2D eigenvalue weighted by atomic mass is 10.1. The Balaban J connectivity index is 2.13. The summed E-state index contributed by atoms with van der Waals surface area (Å²) in [5.41, 5.74) is 1.02. The Morgan fingerprint density at radius 2 is 2.13 bits per heavy atom. The number of hydrogen-bond donors (Lipinski definition) is 0. The number of likely N-dealkylation sites (tertiary alicyclic amines) is 1. The molecule has 1 aliphatic rings. The molecule has 1 fully saturated rings. The van der Waals surface area contributed by atoms with Crippen LogP contribution in [0.25, 0.3) is 0 Å². The van der Waals surface area contributed by atoms with Gasteiger partial charge in [-0.15, -0.1) is 0 Å². The number of hydrogen-bond acceptors (Lipinski definition) is 3. The summed E-state index contributed by atoms with van der Waals surface area (Å²) < 4.78 is 1.75. The molecule has 0 aromatic carbocycles. The molecule has 1 atom stereocenters. The highest BCUT2D eigenvalue weighted by molar-refractivity contribution is 5.18. The van der Waals surface area contributed by atoms with E-state index in [9.17, 15) is 5.26 Å². The fraction of sp³-hybridized carbons (Fsp3) is 0.636. The van der Waals surface area contributed by atoms with Gasteiger partial charge in [0.1, 0.15) is 6.04 Å². The van der Waals surface area contributed by atoms with Crippen LogP contribution in [0.4, 0.5) is 0 Å². The van der Waals surface area contributed by atoms with Gasteiger partial charge in [0.25, 0.3) is 0 Å². The van der Waals surface area contributed by atoms with Crippen LogP contribution in [0.1, 0.15) is 30.9 Å². The summed E-state index contributed by atoms with van der Waals surface area (Å²) in [6.45, 7) is 2.07. The van der Waals surface area contributed by atoms with Crippen molar-refractivity contribution in [2.24, 2.45) is 7.05 Å². The predicted octanol–water partition coefficient (Wildman–Crippen LogP) is 1.47. The monoisotopic (exact) mass is 204 g/mol. The van der Waals surface area contributed by atoms with Crippen LogP contribution in [-0.2, 0) is 7.05 Å². The van der Waals surface area contributed by atoms with Gasteiger partial charge in [0, 0.05) is 18.8 Å². The van der Waals surface area contributed by atoms with Crippen molar-refractivity contribution in [3.63, 3.8) is 0 Å². The van der Waals surface area contributed by atoms with Gasteiger partial charge in [0.15, 0.2) is 0 Å². The van der Waals surface area contributed by atoms with Crippen LogP contribution >= 0.6 is 0 Å². The third-order valence-electron chi connectivity index (χ3n) is 2.92. The molecule has 0 aliphatic carbocycles. The smallest absolute Gasteiger partial charge is 0.126 e. The largest absolute Gasteiger partial charge is 0.284 e. The zero-order valence-electron chi connectivity index (χ0n) is 9.06. The van der Waals surface area contributed by atoms with E-state index in [2.05, 4.69) is 16.1 Å². The number of piperidine rings is 1. The number of nitrogens with zero attached hydrogens (tertiary/aromatic N) is 4. The van der Waals surface area contributed by atoms with E-state index in [-0.39, 0.29) is 6.04 Å². The number of aromatic nitrogens is 2. The average molecular weight is 204 g/mol. The van der Waals surface area contributed by atoms with Crippen molar-refractivity contribution < 1.29 is 0 Å². The van der Waals surface area contributed by atoms with E-state index in [0.717, 1.165) is 18.7 Å². The molecule has 0 radical (unpaired) electrons. The number of nitriles is 1. The number of aryl methyl sites for hydroxylation is 1. The molecule has 80 valence electrons. The van der Waals surface area contributed by atoms with Crippen LogP contribution in [0, 0.1) is 11.3 Å².